The van der Waals surface area contributed by atoms with E-state index in [4.69, 9.17) is 11.3 Å². The molecule has 1 aromatic rings. The molecule has 0 aromatic carbocycles. The molecule has 1 fully saturated rings. The van der Waals surface area contributed by atoms with Gasteiger partial charge in [0.1, 0.15) is 17.9 Å². The molecule has 3 rings (SSSR count). The maximum atomic E-state index is 13.0. The minimum absolute atomic E-state index is 0.0153. The largest absolute Gasteiger partial charge is 0.493 e. The number of aromatic nitrogens is 2. The number of carbonyl (C=O) groups is 1. The first kappa shape index (κ1) is 21.5. The Hall–Kier alpha value is -3.22. The van der Waals surface area contributed by atoms with Gasteiger partial charge in [-0.15, -0.1) is 12.3 Å². The summed E-state index contributed by atoms with van der Waals surface area (Å²) in [5.41, 5.74) is -0.664. The summed E-state index contributed by atoms with van der Waals surface area (Å²) in [6, 6.07) is 0. The van der Waals surface area contributed by atoms with E-state index in [9.17, 15) is 22.8 Å². The molecule has 1 atom stereocenters. The van der Waals surface area contributed by atoms with Crippen LogP contribution in [0.15, 0.2) is 11.0 Å². The first-order valence-electron chi connectivity index (χ1n) is 9.02. The monoisotopic (exact) mass is 424 g/mol. The predicted octanol–water partition coefficient (Wildman–Crippen LogP) is -0.264. The van der Waals surface area contributed by atoms with Gasteiger partial charge < -0.3 is 15.1 Å². The molecule has 0 bridgehead atoms. The van der Waals surface area contributed by atoms with E-state index in [2.05, 4.69) is 28.2 Å². The molecule has 0 saturated carbocycles. The van der Waals surface area contributed by atoms with Crippen LogP contribution in [-0.4, -0.2) is 65.8 Å². The van der Waals surface area contributed by atoms with E-state index in [1.165, 1.54) is 4.90 Å². The van der Waals surface area contributed by atoms with Crippen molar-refractivity contribution in [3.05, 3.63) is 16.6 Å². The highest BCUT2D eigenvalue weighted by atomic mass is 19.4. The molecule has 1 unspecified atom stereocenters. The molecule has 0 radical (unpaired) electrons. The van der Waals surface area contributed by atoms with Gasteiger partial charge in [-0.1, -0.05) is 11.8 Å². The van der Waals surface area contributed by atoms with Crippen molar-refractivity contribution in [2.24, 2.45) is 0 Å². The maximum Gasteiger partial charge on any atom is 0.493 e. The van der Waals surface area contributed by atoms with Gasteiger partial charge in [0, 0.05) is 26.2 Å². The number of carbonyl (C=O) groups excluding carboxylic acids is 1. The van der Waals surface area contributed by atoms with Gasteiger partial charge in [0.05, 0.1) is 12.7 Å². The number of alkyl halides is 3. The van der Waals surface area contributed by atoms with Gasteiger partial charge in [0.2, 0.25) is 0 Å². The van der Waals surface area contributed by atoms with Gasteiger partial charge in [-0.3, -0.25) is 9.69 Å². The molecule has 9 nitrogen and oxygen atoms in total. The lowest BCUT2D eigenvalue weighted by Gasteiger charge is -2.40. The molecule has 1 saturated heterocycles. The van der Waals surface area contributed by atoms with Crippen molar-refractivity contribution in [3.63, 3.8) is 0 Å². The summed E-state index contributed by atoms with van der Waals surface area (Å²) >= 11 is 0. The van der Waals surface area contributed by atoms with Crippen molar-refractivity contribution < 1.29 is 22.8 Å². The van der Waals surface area contributed by atoms with Gasteiger partial charge in [0.25, 0.3) is 5.56 Å². The summed E-state index contributed by atoms with van der Waals surface area (Å²) < 4.78 is 39.8. The third-order valence-corrected chi connectivity index (χ3v) is 4.57. The van der Waals surface area contributed by atoms with Crippen LogP contribution in [-0.2, 0) is 16.2 Å². The Kier molecular flexibility index (Phi) is 6.20. The Balaban J connectivity index is 2.13. The Labute approximate surface area is 170 Å². The van der Waals surface area contributed by atoms with Gasteiger partial charge in [0.15, 0.2) is 6.29 Å². The number of nitrogens with zero attached hydrogens (tertiary/aromatic N) is 5. The molecule has 1 aromatic heterocycles. The van der Waals surface area contributed by atoms with Crippen LogP contribution in [0.2, 0.25) is 0 Å². The standard InChI is InChI=1S/C18H19F3N6O3/c1-3-5-9-25-14-13(12-23-26(8-4-2)15(14)28)27(30-16(29)18(19,20)21)17(25)24-10-6-22-7-11-24/h2,12,17,22H,6-11H2,1H3. The molecule has 12 heteroatoms. The number of anilines is 2. The fourth-order valence-electron chi connectivity index (χ4n) is 3.29. The number of hydroxylamine groups is 1. The van der Waals surface area contributed by atoms with Gasteiger partial charge >= 0.3 is 12.1 Å². The topological polar surface area (TPSA) is 82.9 Å². The summed E-state index contributed by atoms with van der Waals surface area (Å²) in [6.45, 7) is 3.53. The minimum Gasteiger partial charge on any atom is -0.329 e. The average Bonchev–Trinajstić information content (AvgIpc) is 3.02. The third-order valence-electron chi connectivity index (χ3n) is 4.57. The van der Waals surface area contributed by atoms with Gasteiger partial charge in [-0.2, -0.15) is 23.3 Å². The average molecular weight is 424 g/mol. The number of fused-ring (bicyclic) bond motifs is 1. The van der Waals surface area contributed by atoms with E-state index in [-0.39, 0.29) is 24.5 Å². The van der Waals surface area contributed by atoms with Gasteiger partial charge in [-0.05, 0) is 6.92 Å². The number of hydrogen-bond acceptors (Lipinski definition) is 8. The fourth-order valence-corrected chi connectivity index (χ4v) is 3.29. The number of piperazine rings is 1. The predicted molar refractivity (Wildman–Crippen MR) is 101 cm³/mol. The Morgan fingerprint density at radius 1 is 1.37 bits per heavy atom. The normalized spacial score (nSPS) is 19.0. The van der Waals surface area contributed by atoms with Crippen LogP contribution in [0.25, 0.3) is 0 Å². The number of nitrogens with one attached hydrogen (secondary N) is 1. The summed E-state index contributed by atoms with van der Waals surface area (Å²) in [4.78, 5) is 32.6. The van der Waals surface area contributed by atoms with Crippen molar-refractivity contribution in [1.29, 1.82) is 0 Å². The van der Waals surface area contributed by atoms with Crippen molar-refractivity contribution in [2.75, 3.05) is 42.7 Å². The second-order valence-electron chi connectivity index (χ2n) is 6.43. The van der Waals surface area contributed by atoms with E-state index < -0.39 is 24.0 Å². The third kappa shape index (κ3) is 4.06. The van der Waals surface area contributed by atoms with Crippen LogP contribution in [0.3, 0.4) is 0 Å². The molecule has 0 aliphatic carbocycles. The van der Waals surface area contributed by atoms with Crippen LogP contribution in [0.1, 0.15) is 6.92 Å². The first-order valence-corrected chi connectivity index (χ1v) is 9.02. The van der Waals surface area contributed by atoms with E-state index in [1.807, 2.05) is 0 Å². The van der Waals surface area contributed by atoms with Crippen LogP contribution in [0, 0.1) is 24.2 Å². The lowest BCUT2D eigenvalue weighted by atomic mass is 10.3. The SMILES string of the molecule is C#CCn1ncc2c(c1=O)N(CC#CC)C(N1CCNCC1)N2OC(=O)C(F)(F)F. The van der Waals surface area contributed by atoms with Crippen LogP contribution >= 0.6 is 0 Å². The summed E-state index contributed by atoms with van der Waals surface area (Å²) in [6.07, 6.45) is 0.222. The molecule has 2 aliphatic rings. The lowest BCUT2D eigenvalue weighted by Crippen LogP contribution is -2.61. The number of halogens is 3. The zero-order valence-electron chi connectivity index (χ0n) is 16.1. The van der Waals surface area contributed by atoms with Crippen molar-refractivity contribution >= 4 is 17.3 Å². The number of rotatable bonds is 4. The molecular formula is C18H19F3N6O3. The molecule has 0 amide bonds. The highest BCUT2D eigenvalue weighted by Crippen LogP contribution is 2.38. The Morgan fingerprint density at radius 3 is 2.67 bits per heavy atom. The summed E-state index contributed by atoms with van der Waals surface area (Å²) in [7, 11) is 0. The molecule has 2 aliphatic heterocycles. The molecule has 1 N–H and O–H groups in total. The zero-order valence-corrected chi connectivity index (χ0v) is 16.1. The molecular weight excluding hydrogens is 405 g/mol. The molecule has 0 spiro atoms. The Bertz CT molecular complexity index is 969. The van der Waals surface area contributed by atoms with Crippen molar-refractivity contribution in [1.82, 2.24) is 20.0 Å². The smallest absolute Gasteiger partial charge is 0.329 e. The number of hydrogen-bond donors (Lipinski definition) is 1. The highest BCUT2D eigenvalue weighted by molar-refractivity contribution is 5.81. The minimum atomic E-state index is -5.21. The van der Waals surface area contributed by atoms with Crippen molar-refractivity contribution in [2.45, 2.75) is 25.9 Å². The second kappa shape index (κ2) is 8.65. The summed E-state index contributed by atoms with van der Waals surface area (Å²) in [5, 5.41) is 7.83. The quantitative estimate of drug-likeness (QED) is 0.662. The lowest BCUT2D eigenvalue weighted by molar-refractivity contribution is -0.203. The van der Waals surface area contributed by atoms with E-state index in [0.717, 1.165) is 15.9 Å². The molecule has 3 heterocycles. The first-order chi connectivity index (χ1) is 14.3. The van der Waals surface area contributed by atoms with Crippen LogP contribution < -0.4 is 20.8 Å². The van der Waals surface area contributed by atoms with E-state index >= 15 is 0 Å². The highest BCUT2D eigenvalue weighted by Gasteiger charge is 2.49. The fraction of sp³-hybridized carbons (Fsp3) is 0.500. The maximum absolute atomic E-state index is 13.0. The number of terminal acetylenes is 1. The van der Waals surface area contributed by atoms with Crippen LogP contribution in [0.4, 0.5) is 24.5 Å². The van der Waals surface area contributed by atoms with Crippen molar-refractivity contribution in [3.8, 4) is 24.2 Å². The molecule has 30 heavy (non-hydrogen) atoms. The second-order valence-corrected chi connectivity index (χ2v) is 6.43. The van der Waals surface area contributed by atoms with Gasteiger partial charge in [-0.25, -0.2) is 9.48 Å². The zero-order chi connectivity index (χ0) is 21.9. The Morgan fingerprint density at radius 2 is 2.07 bits per heavy atom. The van der Waals surface area contributed by atoms with E-state index in [0.29, 0.717) is 26.2 Å². The molecule has 160 valence electrons. The summed E-state index contributed by atoms with van der Waals surface area (Å²) in [5.74, 6) is 5.42. The van der Waals surface area contributed by atoms with Crippen LogP contribution in [0.5, 0.6) is 0 Å². The van der Waals surface area contributed by atoms with E-state index in [1.54, 1.807) is 11.8 Å².